The van der Waals surface area contributed by atoms with Gasteiger partial charge in [-0.3, -0.25) is 4.79 Å². The van der Waals surface area contributed by atoms with Gasteiger partial charge >= 0.3 is 6.18 Å². The molecule has 7 nitrogen and oxygen atoms in total. The summed E-state index contributed by atoms with van der Waals surface area (Å²) in [6, 6.07) is 5.18. The summed E-state index contributed by atoms with van der Waals surface area (Å²) >= 11 is 0.898. The Bertz CT molecular complexity index is 1040. The molecule has 2 heterocycles. The number of rotatable bonds is 6. The van der Waals surface area contributed by atoms with Crippen LogP contribution in [0.25, 0.3) is 0 Å². The third-order valence-electron chi connectivity index (χ3n) is 4.22. The van der Waals surface area contributed by atoms with Gasteiger partial charge < -0.3 is 10.1 Å². The molecule has 1 aliphatic heterocycles. The number of anilines is 1. The number of alkyl halides is 3. The molecule has 1 aliphatic rings. The largest absolute Gasteiger partial charge is 0.417 e. The summed E-state index contributed by atoms with van der Waals surface area (Å²) < 4.78 is 83.4. The van der Waals surface area contributed by atoms with Crippen molar-refractivity contribution in [2.24, 2.45) is 0 Å². The quantitative estimate of drug-likeness (QED) is 0.506. The molecule has 0 bridgehead atoms. The minimum atomic E-state index is -4.50. The van der Waals surface area contributed by atoms with Crippen molar-refractivity contribution in [1.29, 1.82) is 0 Å². The molecule has 1 N–H and O–H groups in total. The van der Waals surface area contributed by atoms with Gasteiger partial charge in [0.15, 0.2) is 0 Å². The van der Waals surface area contributed by atoms with Crippen LogP contribution in [-0.4, -0.2) is 55.7 Å². The van der Waals surface area contributed by atoms with Crippen LogP contribution in [0.1, 0.15) is 5.56 Å². The van der Waals surface area contributed by atoms with E-state index in [9.17, 15) is 30.8 Å². The minimum Gasteiger partial charge on any atom is -0.379 e. The Morgan fingerprint density at radius 3 is 2.52 bits per heavy atom. The molecule has 2 aromatic rings. The third-order valence-corrected chi connectivity index (χ3v) is 7.08. The average Bonchev–Trinajstić information content (AvgIpc) is 2.74. The van der Waals surface area contributed by atoms with E-state index in [1.54, 1.807) is 0 Å². The number of pyridine rings is 1. The standard InChI is InChI=1S/C18H17F4N3O4S2/c19-14-3-2-13(9-15(14)31(27,28)25-5-7-29-8-6-25)24-16(26)11-30-17-4-1-12(10-23-17)18(20,21)22/h1-4,9-10H,5-8,11H2,(H,24,26). The fourth-order valence-corrected chi connectivity index (χ4v) is 4.82. The predicted octanol–water partition coefficient (Wildman–Crippen LogP) is 2.99. The fourth-order valence-electron chi connectivity index (χ4n) is 2.67. The van der Waals surface area contributed by atoms with Crippen LogP contribution in [0.4, 0.5) is 23.2 Å². The first-order valence-corrected chi connectivity index (χ1v) is 11.3. The maximum absolute atomic E-state index is 14.2. The summed E-state index contributed by atoms with van der Waals surface area (Å²) in [6.07, 6.45) is -3.83. The molecule has 0 atom stereocenters. The van der Waals surface area contributed by atoms with E-state index < -0.39 is 38.4 Å². The zero-order chi connectivity index (χ0) is 22.6. The van der Waals surface area contributed by atoms with Crippen molar-refractivity contribution >= 4 is 33.4 Å². The molecule has 0 aliphatic carbocycles. The number of halogens is 4. The second kappa shape index (κ2) is 9.51. The van der Waals surface area contributed by atoms with Gasteiger partial charge in [0.05, 0.1) is 29.6 Å². The normalized spacial score (nSPS) is 15.6. The number of nitrogens with one attached hydrogen (secondary N) is 1. The smallest absolute Gasteiger partial charge is 0.379 e. The van der Waals surface area contributed by atoms with Gasteiger partial charge in [0.25, 0.3) is 0 Å². The maximum Gasteiger partial charge on any atom is 0.417 e. The number of ether oxygens (including phenoxy) is 1. The number of amides is 1. The van der Waals surface area contributed by atoms with E-state index in [-0.39, 0.29) is 42.8 Å². The summed E-state index contributed by atoms with van der Waals surface area (Å²) in [5.41, 5.74) is -0.833. The van der Waals surface area contributed by atoms with Crippen molar-refractivity contribution in [1.82, 2.24) is 9.29 Å². The van der Waals surface area contributed by atoms with E-state index in [1.165, 1.54) is 6.07 Å². The lowest BCUT2D eigenvalue weighted by molar-refractivity contribution is -0.137. The molecule has 0 saturated carbocycles. The number of carbonyl (C=O) groups is 1. The SMILES string of the molecule is O=C(CSc1ccc(C(F)(F)F)cn1)Nc1ccc(F)c(S(=O)(=O)N2CCOCC2)c1. The highest BCUT2D eigenvalue weighted by atomic mass is 32.2. The molecule has 0 unspecified atom stereocenters. The third kappa shape index (κ3) is 5.93. The van der Waals surface area contributed by atoms with E-state index in [1.807, 2.05) is 0 Å². The molecule has 3 rings (SSSR count). The first kappa shape index (κ1) is 23.4. The average molecular weight is 479 g/mol. The Balaban J connectivity index is 1.64. The monoisotopic (exact) mass is 479 g/mol. The Morgan fingerprint density at radius 1 is 1.19 bits per heavy atom. The molecule has 0 radical (unpaired) electrons. The summed E-state index contributed by atoms with van der Waals surface area (Å²) in [4.78, 5) is 15.2. The molecule has 1 amide bonds. The first-order chi connectivity index (χ1) is 14.6. The summed E-state index contributed by atoms with van der Waals surface area (Å²) in [5, 5.41) is 2.65. The zero-order valence-electron chi connectivity index (χ0n) is 15.9. The molecular formula is C18H17F4N3O4S2. The van der Waals surface area contributed by atoms with Crippen molar-refractivity contribution in [2.75, 3.05) is 37.4 Å². The van der Waals surface area contributed by atoms with Crippen molar-refractivity contribution in [3.63, 3.8) is 0 Å². The molecule has 1 fully saturated rings. The number of sulfonamides is 1. The number of carbonyl (C=O) groups excluding carboxylic acids is 1. The topological polar surface area (TPSA) is 88.6 Å². The first-order valence-electron chi connectivity index (χ1n) is 8.91. The number of benzene rings is 1. The van der Waals surface area contributed by atoms with Gasteiger partial charge in [-0.25, -0.2) is 17.8 Å². The van der Waals surface area contributed by atoms with E-state index in [2.05, 4.69) is 10.3 Å². The summed E-state index contributed by atoms with van der Waals surface area (Å²) in [7, 11) is -4.10. The number of hydrogen-bond acceptors (Lipinski definition) is 6. The van der Waals surface area contributed by atoms with Gasteiger partial charge in [-0.2, -0.15) is 17.5 Å². The van der Waals surface area contributed by atoms with Crippen LogP contribution in [0.2, 0.25) is 0 Å². The summed E-state index contributed by atoms with van der Waals surface area (Å²) in [5.74, 6) is -1.71. The van der Waals surface area contributed by atoms with E-state index >= 15 is 0 Å². The van der Waals surface area contributed by atoms with Gasteiger partial charge in [-0.15, -0.1) is 0 Å². The summed E-state index contributed by atoms with van der Waals surface area (Å²) in [6.45, 7) is 0.587. The predicted molar refractivity (Wildman–Crippen MR) is 105 cm³/mol. The second-order valence-corrected chi connectivity index (χ2v) is 9.28. The maximum atomic E-state index is 14.2. The van der Waals surface area contributed by atoms with Crippen LogP contribution in [0.15, 0.2) is 46.5 Å². The van der Waals surface area contributed by atoms with Gasteiger partial charge in [0.1, 0.15) is 10.7 Å². The lowest BCUT2D eigenvalue weighted by Gasteiger charge is -2.26. The van der Waals surface area contributed by atoms with Crippen LogP contribution >= 0.6 is 11.8 Å². The van der Waals surface area contributed by atoms with Gasteiger partial charge in [-0.1, -0.05) is 11.8 Å². The molecule has 1 aromatic carbocycles. The molecule has 1 saturated heterocycles. The second-order valence-electron chi connectivity index (χ2n) is 6.38. The molecule has 168 valence electrons. The number of aromatic nitrogens is 1. The van der Waals surface area contributed by atoms with E-state index in [0.29, 0.717) is 6.20 Å². The van der Waals surface area contributed by atoms with Crippen molar-refractivity contribution < 1.29 is 35.5 Å². The number of nitrogens with zero attached hydrogens (tertiary/aromatic N) is 2. The highest BCUT2D eigenvalue weighted by molar-refractivity contribution is 7.99. The molecule has 1 aromatic heterocycles. The van der Waals surface area contributed by atoms with Gasteiger partial charge in [0.2, 0.25) is 15.9 Å². The lowest BCUT2D eigenvalue weighted by atomic mass is 10.3. The van der Waals surface area contributed by atoms with Crippen LogP contribution in [-0.2, 0) is 25.7 Å². The zero-order valence-corrected chi connectivity index (χ0v) is 17.5. The molecule has 13 heteroatoms. The van der Waals surface area contributed by atoms with Crippen LogP contribution in [0, 0.1) is 5.82 Å². The molecule has 0 spiro atoms. The lowest BCUT2D eigenvalue weighted by Crippen LogP contribution is -2.40. The molecular weight excluding hydrogens is 462 g/mol. The van der Waals surface area contributed by atoms with Crippen LogP contribution in [0.3, 0.4) is 0 Å². The van der Waals surface area contributed by atoms with Gasteiger partial charge in [0, 0.05) is 25.0 Å². The van der Waals surface area contributed by atoms with Crippen LogP contribution in [0.5, 0.6) is 0 Å². The van der Waals surface area contributed by atoms with Crippen LogP contribution < -0.4 is 5.32 Å². The van der Waals surface area contributed by atoms with E-state index in [0.717, 1.165) is 40.3 Å². The van der Waals surface area contributed by atoms with Crippen molar-refractivity contribution in [3.05, 3.63) is 47.9 Å². The highest BCUT2D eigenvalue weighted by Gasteiger charge is 2.31. The fraction of sp³-hybridized carbons (Fsp3) is 0.333. The number of hydrogen-bond donors (Lipinski definition) is 1. The minimum absolute atomic E-state index is 0.0687. The van der Waals surface area contributed by atoms with E-state index in [4.69, 9.17) is 4.74 Å². The van der Waals surface area contributed by atoms with Crippen molar-refractivity contribution in [3.8, 4) is 0 Å². The Hall–Kier alpha value is -2.22. The number of thioether (sulfide) groups is 1. The highest BCUT2D eigenvalue weighted by Crippen LogP contribution is 2.29. The Labute approximate surface area is 179 Å². The Morgan fingerprint density at radius 2 is 1.90 bits per heavy atom. The molecule has 31 heavy (non-hydrogen) atoms. The van der Waals surface area contributed by atoms with Gasteiger partial charge in [-0.05, 0) is 30.3 Å². The van der Waals surface area contributed by atoms with Crippen molar-refractivity contribution in [2.45, 2.75) is 16.1 Å². The number of morpholine rings is 1. The Kier molecular flexibility index (Phi) is 7.19.